The maximum absolute atomic E-state index is 12.9. The minimum Gasteiger partial charge on any atom is -0.443 e. The van der Waals surface area contributed by atoms with Gasteiger partial charge in [-0.1, -0.05) is 18.6 Å². The monoisotopic (exact) mass is 424 g/mol. The molecule has 3 rings (SSSR count). The van der Waals surface area contributed by atoms with Gasteiger partial charge in [-0.15, -0.1) is 0 Å². The Bertz CT molecular complexity index is 627. The molecular formula is C23H40N2O5. The van der Waals surface area contributed by atoms with Crippen molar-refractivity contribution in [2.24, 2.45) is 5.92 Å². The van der Waals surface area contributed by atoms with Crippen molar-refractivity contribution in [1.29, 1.82) is 0 Å². The Labute approximate surface area is 181 Å². The number of ether oxygens (including phenoxy) is 4. The Morgan fingerprint density at radius 1 is 1.33 bits per heavy atom. The van der Waals surface area contributed by atoms with Crippen molar-refractivity contribution in [3.05, 3.63) is 11.6 Å². The first kappa shape index (κ1) is 23.5. The van der Waals surface area contributed by atoms with Crippen LogP contribution < -0.4 is 5.32 Å². The van der Waals surface area contributed by atoms with Crippen molar-refractivity contribution in [1.82, 2.24) is 10.2 Å². The number of likely N-dealkylation sites (N-methyl/N-ethyl adjacent to an activating group) is 1. The van der Waals surface area contributed by atoms with Crippen LogP contribution in [-0.2, 0) is 18.9 Å². The third-order valence-electron chi connectivity index (χ3n) is 6.86. The molecule has 172 valence electrons. The van der Waals surface area contributed by atoms with Crippen LogP contribution >= 0.6 is 0 Å². The van der Waals surface area contributed by atoms with Gasteiger partial charge in [0.1, 0.15) is 12.2 Å². The summed E-state index contributed by atoms with van der Waals surface area (Å²) in [5.41, 5.74) is 0.518. The van der Waals surface area contributed by atoms with Gasteiger partial charge in [-0.3, -0.25) is 0 Å². The van der Waals surface area contributed by atoms with E-state index in [1.54, 1.807) is 7.11 Å². The van der Waals surface area contributed by atoms with Gasteiger partial charge in [0.2, 0.25) is 0 Å². The first-order valence-electron chi connectivity index (χ1n) is 11.4. The van der Waals surface area contributed by atoms with Gasteiger partial charge >= 0.3 is 6.09 Å². The number of carbonyl (C=O) groups is 1. The minimum atomic E-state index is -0.474. The standard InChI is InChI=1S/C23H40N2O5/c1-7-24-14-17-9-12-25(17)21(26)30-18-8-11-23(15-29-23)20(19(18)27-6)22(4,5)28-13-10-16(2)3/h10,17-20,24H,7-9,11-15H2,1-6H3/t17-,18-,19-,20-,23+/m1/s1. The number of amides is 1. The number of carbonyl (C=O) groups excluding carboxylic acids is 1. The second kappa shape index (κ2) is 9.55. The molecule has 1 amide bonds. The van der Waals surface area contributed by atoms with Crippen LogP contribution in [0.15, 0.2) is 11.6 Å². The molecule has 7 heteroatoms. The largest absolute Gasteiger partial charge is 0.443 e. The fourth-order valence-corrected chi connectivity index (χ4v) is 4.99. The molecule has 3 fully saturated rings. The minimum absolute atomic E-state index is 0.0129. The molecule has 1 aliphatic carbocycles. The lowest BCUT2D eigenvalue weighted by Gasteiger charge is -2.48. The van der Waals surface area contributed by atoms with E-state index in [4.69, 9.17) is 18.9 Å². The van der Waals surface area contributed by atoms with E-state index in [1.165, 1.54) is 5.57 Å². The zero-order valence-electron chi connectivity index (χ0n) is 19.5. The predicted molar refractivity (Wildman–Crippen MR) is 116 cm³/mol. The Morgan fingerprint density at radius 3 is 2.60 bits per heavy atom. The number of nitrogens with one attached hydrogen (secondary N) is 1. The fraction of sp³-hybridized carbons (Fsp3) is 0.870. The van der Waals surface area contributed by atoms with Gasteiger partial charge in [0.15, 0.2) is 0 Å². The maximum Gasteiger partial charge on any atom is 0.410 e. The molecule has 0 radical (unpaired) electrons. The lowest BCUT2D eigenvalue weighted by molar-refractivity contribution is -0.175. The third kappa shape index (κ3) is 5.01. The smallest absolute Gasteiger partial charge is 0.410 e. The van der Waals surface area contributed by atoms with E-state index in [0.717, 1.165) is 38.9 Å². The van der Waals surface area contributed by atoms with Crippen molar-refractivity contribution in [3.63, 3.8) is 0 Å². The van der Waals surface area contributed by atoms with Crippen LogP contribution in [0.1, 0.15) is 53.9 Å². The number of nitrogens with zero attached hydrogens (tertiary/aromatic N) is 1. The summed E-state index contributed by atoms with van der Waals surface area (Å²) in [4.78, 5) is 14.7. The van der Waals surface area contributed by atoms with Crippen molar-refractivity contribution in [3.8, 4) is 0 Å². The van der Waals surface area contributed by atoms with E-state index in [2.05, 4.69) is 46.0 Å². The second-order valence-electron chi connectivity index (χ2n) is 9.63. The SMILES string of the molecule is CCNC[C@H]1CCN1C(=O)O[C@@H]1CC[C@]2(CO2)[C@@H](C(C)(C)OCC=C(C)C)[C@@H]1OC. The molecule has 1 N–H and O–H groups in total. The number of likely N-dealkylation sites (tertiary alicyclic amines) is 1. The van der Waals surface area contributed by atoms with E-state index in [1.807, 2.05) is 4.90 Å². The van der Waals surface area contributed by atoms with Gasteiger partial charge in [0, 0.05) is 32.2 Å². The molecule has 0 aromatic rings. The van der Waals surface area contributed by atoms with Crippen LogP contribution in [0.2, 0.25) is 0 Å². The predicted octanol–water partition coefficient (Wildman–Crippen LogP) is 3.13. The lowest BCUT2D eigenvalue weighted by Crippen LogP contribution is -2.60. The Hall–Kier alpha value is -1.15. The van der Waals surface area contributed by atoms with Crippen LogP contribution in [0.5, 0.6) is 0 Å². The summed E-state index contributed by atoms with van der Waals surface area (Å²) in [6, 6.07) is 0.222. The number of methoxy groups -OCH3 is 1. The highest BCUT2D eigenvalue weighted by molar-refractivity contribution is 5.69. The van der Waals surface area contributed by atoms with Crippen LogP contribution in [-0.4, -0.2) is 80.4 Å². The molecule has 3 aliphatic rings. The molecule has 0 aromatic carbocycles. The number of rotatable bonds is 9. The fourth-order valence-electron chi connectivity index (χ4n) is 4.99. The van der Waals surface area contributed by atoms with Crippen LogP contribution in [0.3, 0.4) is 0 Å². The summed E-state index contributed by atoms with van der Waals surface area (Å²) < 4.78 is 24.2. The van der Waals surface area contributed by atoms with Gasteiger partial charge in [0.05, 0.1) is 24.4 Å². The number of hydrogen-bond donors (Lipinski definition) is 1. The first-order valence-corrected chi connectivity index (χ1v) is 11.4. The normalized spacial score (nSPS) is 33.2. The van der Waals surface area contributed by atoms with Crippen molar-refractivity contribution < 1.29 is 23.7 Å². The Balaban J connectivity index is 1.68. The summed E-state index contributed by atoms with van der Waals surface area (Å²) in [6.45, 7) is 14.1. The zero-order chi connectivity index (χ0) is 21.9. The molecule has 1 spiro atoms. The summed E-state index contributed by atoms with van der Waals surface area (Å²) >= 11 is 0. The van der Waals surface area contributed by atoms with E-state index < -0.39 is 5.60 Å². The molecule has 0 aromatic heterocycles. The summed E-state index contributed by atoms with van der Waals surface area (Å²) in [5, 5.41) is 3.32. The van der Waals surface area contributed by atoms with Crippen molar-refractivity contribution in [2.75, 3.05) is 40.0 Å². The second-order valence-corrected chi connectivity index (χ2v) is 9.63. The quantitative estimate of drug-likeness (QED) is 0.453. The molecule has 2 heterocycles. The van der Waals surface area contributed by atoms with Crippen molar-refractivity contribution >= 4 is 6.09 Å². The van der Waals surface area contributed by atoms with E-state index in [-0.39, 0.29) is 35.9 Å². The van der Waals surface area contributed by atoms with Gasteiger partial charge in [-0.25, -0.2) is 4.79 Å². The molecule has 0 bridgehead atoms. The summed E-state index contributed by atoms with van der Waals surface area (Å²) in [7, 11) is 1.70. The molecule has 7 nitrogen and oxygen atoms in total. The van der Waals surface area contributed by atoms with E-state index >= 15 is 0 Å². The van der Waals surface area contributed by atoms with Crippen molar-refractivity contribution in [2.45, 2.75) is 83.3 Å². The third-order valence-corrected chi connectivity index (χ3v) is 6.86. The topological polar surface area (TPSA) is 72.6 Å². The van der Waals surface area contributed by atoms with Crippen LogP contribution in [0.4, 0.5) is 4.79 Å². The molecule has 5 atom stereocenters. The molecular weight excluding hydrogens is 384 g/mol. The zero-order valence-corrected chi connectivity index (χ0v) is 19.5. The van der Waals surface area contributed by atoms with E-state index in [0.29, 0.717) is 13.2 Å². The first-order chi connectivity index (χ1) is 14.2. The Morgan fingerprint density at radius 2 is 2.07 bits per heavy atom. The van der Waals surface area contributed by atoms with Gasteiger partial charge in [-0.2, -0.15) is 0 Å². The highest BCUT2D eigenvalue weighted by Gasteiger charge is 2.64. The van der Waals surface area contributed by atoms with E-state index in [9.17, 15) is 4.79 Å². The van der Waals surface area contributed by atoms with Gasteiger partial charge in [0.25, 0.3) is 0 Å². The molecule has 1 saturated carbocycles. The highest BCUT2D eigenvalue weighted by Crippen LogP contribution is 2.52. The summed E-state index contributed by atoms with van der Waals surface area (Å²) in [6.07, 6.45) is 3.91. The maximum atomic E-state index is 12.9. The Kier molecular flexibility index (Phi) is 7.49. The number of allylic oxidation sites excluding steroid dienone is 1. The average Bonchev–Trinajstić information content (AvgIpc) is 3.41. The molecule has 2 aliphatic heterocycles. The van der Waals surface area contributed by atoms with Gasteiger partial charge < -0.3 is 29.2 Å². The van der Waals surface area contributed by atoms with Crippen LogP contribution in [0.25, 0.3) is 0 Å². The van der Waals surface area contributed by atoms with Crippen LogP contribution in [0, 0.1) is 5.92 Å². The lowest BCUT2D eigenvalue weighted by atomic mass is 9.68. The molecule has 2 saturated heterocycles. The number of epoxide rings is 1. The molecule has 30 heavy (non-hydrogen) atoms. The number of hydrogen-bond acceptors (Lipinski definition) is 6. The summed E-state index contributed by atoms with van der Waals surface area (Å²) in [5.74, 6) is -0.0129. The highest BCUT2D eigenvalue weighted by atomic mass is 16.6. The molecule has 0 unspecified atom stereocenters. The van der Waals surface area contributed by atoms with Gasteiger partial charge in [-0.05, 0) is 53.5 Å². The average molecular weight is 425 g/mol.